The van der Waals surface area contributed by atoms with Gasteiger partial charge < -0.3 is 4.90 Å². The number of benzene rings is 2. The molecular formula is C23H27Cl2N3OS. The zero-order valence-corrected chi connectivity index (χ0v) is 19.7. The second-order valence-electron chi connectivity index (χ2n) is 7.91. The van der Waals surface area contributed by atoms with E-state index in [4.69, 9.17) is 16.6 Å². The van der Waals surface area contributed by atoms with Crippen LogP contribution in [0.25, 0.3) is 10.2 Å². The minimum atomic E-state index is 0. The summed E-state index contributed by atoms with van der Waals surface area (Å²) in [6, 6.07) is 11.9. The van der Waals surface area contributed by atoms with Crippen LogP contribution in [-0.2, 0) is 12.8 Å². The van der Waals surface area contributed by atoms with Crippen LogP contribution in [0.3, 0.4) is 0 Å². The predicted molar refractivity (Wildman–Crippen MR) is 130 cm³/mol. The molecule has 1 aliphatic carbocycles. The number of nitrogens with zero attached hydrogens (tertiary/aromatic N) is 3. The third kappa shape index (κ3) is 5.14. The molecule has 0 radical (unpaired) electrons. The number of amides is 1. The zero-order chi connectivity index (χ0) is 20.4. The van der Waals surface area contributed by atoms with E-state index in [2.05, 4.69) is 31.1 Å². The molecular weight excluding hydrogens is 437 g/mol. The van der Waals surface area contributed by atoms with Gasteiger partial charge in [0, 0.05) is 17.1 Å². The Morgan fingerprint density at radius 1 is 1.07 bits per heavy atom. The fourth-order valence-electron chi connectivity index (χ4n) is 3.85. The molecule has 0 atom stereocenters. The summed E-state index contributed by atoms with van der Waals surface area (Å²) >= 11 is 7.67. The number of carbonyl (C=O) groups is 1. The van der Waals surface area contributed by atoms with Crippen molar-refractivity contribution in [3.05, 3.63) is 58.1 Å². The molecule has 0 spiro atoms. The first kappa shape index (κ1) is 23.0. The maximum atomic E-state index is 13.5. The Hall–Kier alpha value is -1.66. The summed E-state index contributed by atoms with van der Waals surface area (Å²) in [5.41, 5.74) is 4.35. The number of fused-ring (bicyclic) bond motifs is 2. The fourth-order valence-corrected chi connectivity index (χ4v) is 5.12. The van der Waals surface area contributed by atoms with Gasteiger partial charge in [0.15, 0.2) is 5.13 Å². The molecule has 0 bridgehead atoms. The SMILES string of the molecule is CN(C)CCCN(C(=O)c1ccc2c(c1)CCCC2)c1nc2ccc(Cl)cc2s1.Cl. The summed E-state index contributed by atoms with van der Waals surface area (Å²) in [5.74, 6) is 0.0299. The van der Waals surface area contributed by atoms with Gasteiger partial charge in [0.2, 0.25) is 0 Å². The standard InChI is InChI=1S/C23H26ClN3OS.ClH/c1-26(2)12-5-13-27(23-25-20-11-10-19(24)15-21(20)29-23)22(28)18-9-8-16-6-3-4-7-17(16)14-18;/h8-11,14-15H,3-7,12-13H2,1-2H3;1H. The van der Waals surface area contributed by atoms with E-state index in [0.717, 1.165) is 46.7 Å². The number of aromatic nitrogens is 1. The van der Waals surface area contributed by atoms with E-state index in [9.17, 15) is 4.79 Å². The average Bonchev–Trinajstić information content (AvgIpc) is 3.13. The third-order valence-electron chi connectivity index (χ3n) is 5.40. The number of rotatable bonds is 6. The lowest BCUT2D eigenvalue weighted by molar-refractivity contribution is 0.0986. The Bertz CT molecular complexity index is 1030. The van der Waals surface area contributed by atoms with Crippen molar-refractivity contribution < 1.29 is 4.79 Å². The van der Waals surface area contributed by atoms with Crippen LogP contribution >= 0.6 is 35.3 Å². The summed E-state index contributed by atoms with van der Waals surface area (Å²) < 4.78 is 1.00. The predicted octanol–water partition coefficient (Wildman–Crippen LogP) is 5.85. The van der Waals surface area contributed by atoms with Crippen LogP contribution in [0.15, 0.2) is 36.4 Å². The minimum absolute atomic E-state index is 0. The average molecular weight is 464 g/mol. The van der Waals surface area contributed by atoms with Crippen LogP contribution in [0.4, 0.5) is 5.13 Å². The highest BCUT2D eigenvalue weighted by Crippen LogP contribution is 2.32. The molecule has 2 aromatic carbocycles. The van der Waals surface area contributed by atoms with E-state index in [1.807, 2.05) is 29.2 Å². The van der Waals surface area contributed by atoms with Gasteiger partial charge in [-0.1, -0.05) is 29.0 Å². The molecule has 160 valence electrons. The van der Waals surface area contributed by atoms with Gasteiger partial charge in [-0.25, -0.2) is 4.98 Å². The topological polar surface area (TPSA) is 36.4 Å². The van der Waals surface area contributed by atoms with Crippen molar-refractivity contribution in [3.8, 4) is 0 Å². The number of halogens is 2. The van der Waals surface area contributed by atoms with Gasteiger partial charge in [-0.3, -0.25) is 9.69 Å². The molecule has 0 saturated heterocycles. The molecule has 3 aromatic rings. The zero-order valence-electron chi connectivity index (χ0n) is 17.4. The lowest BCUT2D eigenvalue weighted by atomic mass is 9.90. The molecule has 0 N–H and O–H groups in total. The van der Waals surface area contributed by atoms with Crippen molar-refractivity contribution in [2.24, 2.45) is 0 Å². The molecule has 1 aromatic heterocycles. The molecule has 4 rings (SSSR count). The number of hydrogen-bond donors (Lipinski definition) is 0. The highest BCUT2D eigenvalue weighted by atomic mass is 35.5. The van der Waals surface area contributed by atoms with Gasteiger partial charge in [-0.15, -0.1) is 12.4 Å². The Balaban J connectivity index is 0.00000256. The van der Waals surface area contributed by atoms with E-state index in [1.54, 1.807) is 0 Å². The summed E-state index contributed by atoms with van der Waals surface area (Å²) in [6.45, 7) is 1.56. The first-order valence-electron chi connectivity index (χ1n) is 10.2. The number of carbonyl (C=O) groups excluding carboxylic acids is 1. The van der Waals surface area contributed by atoms with Crippen LogP contribution in [0, 0.1) is 0 Å². The quantitative estimate of drug-likeness (QED) is 0.459. The van der Waals surface area contributed by atoms with Crippen molar-refractivity contribution in [3.63, 3.8) is 0 Å². The Morgan fingerprint density at radius 2 is 1.83 bits per heavy atom. The van der Waals surface area contributed by atoms with E-state index < -0.39 is 0 Å². The molecule has 1 aliphatic rings. The molecule has 7 heteroatoms. The summed E-state index contributed by atoms with van der Waals surface area (Å²) in [4.78, 5) is 22.2. The lowest BCUT2D eigenvalue weighted by Crippen LogP contribution is -2.33. The minimum Gasteiger partial charge on any atom is -0.309 e. The Labute approximate surface area is 193 Å². The van der Waals surface area contributed by atoms with Crippen LogP contribution in [0.1, 0.15) is 40.7 Å². The van der Waals surface area contributed by atoms with Gasteiger partial charge in [0.1, 0.15) is 0 Å². The Morgan fingerprint density at radius 3 is 2.60 bits per heavy atom. The van der Waals surface area contributed by atoms with Crippen molar-refractivity contribution in [2.45, 2.75) is 32.1 Å². The van der Waals surface area contributed by atoms with Crippen LogP contribution < -0.4 is 4.90 Å². The van der Waals surface area contributed by atoms with Crippen molar-refractivity contribution in [1.82, 2.24) is 9.88 Å². The van der Waals surface area contributed by atoms with Crippen molar-refractivity contribution in [1.29, 1.82) is 0 Å². The lowest BCUT2D eigenvalue weighted by Gasteiger charge is -2.22. The van der Waals surface area contributed by atoms with E-state index in [0.29, 0.717) is 11.6 Å². The first-order chi connectivity index (χ1) is 14.0. The number of aryl methyl sites for hydroxylation is 2. The second kappa shape index (κ2) is 10.1. The maximum absolute atomic E-state index is 13.5. The van der Waals surface area contributed by atoms with Gasteiger partial charge in [0.25, 0.3) is 5.91 Å². The fraction of sp³-hybridized carbons (Fsp3) is 0.391. The van der Waals surface area contributed by atoms with Gasteiger partial charge >= 0.3 is 0 Å². The summed E-state index contributed by atoms with van der Waals surface area (Å²) in [6.07, 6.45) is 5.52. The molecule has 4 nitrogen and oxygen atoms in total. The van der Waals surface area contributed by atoms with Crippen LogP contribution in [0.2, 0.25) is 5.02 Å². The van der Waals surface area contributed by atoms with Gasteiger partial charge in [-0.05, 0) is 94.2 Å². The summed E-state index contributed by atoms with van der Waals surface area (Å²) in [7, 11) is 4.10. The third-order valence-corrected chi connectivity index (χ3v) is 6.67. The molecule has 1 amide bonds. The first-order valence-corrected chi connectivity index (χ1v) is 11.4. The van der Waals surface area contributed by atoms with Crippen molar-refractivity contribution >= 4 is 56.6 Å². The molecule has 30 heavy (non-hydrogen) atoms. The molecule has 0 saturated carbocycles. The van der Waals surface area contributed by atoms with Crippen LogP contribution in [-0.4, -0.2) is 43.0 Å². The van der Waals surface area contributed by atoms with Gasteiger partial charge in [0.05, 0.1) is 10.2 Å². The molecule has 0 aliphatic heterocycles. The van der Waals surface area contributed by atoms with Crippen molar-refractivity contribution in [2.75, 3.05) is 32.1 Å². The molecule has 0 unspecified atom stereocenters. The summed E-state index contributed by atoms with van der Waals surface area (Å²) in [5, 5.41) is 1.43. The Kier molecular flexibility index (Phi) is 7.75. The normalized spacial score (nSPS) is 13.2. The number of anilines is 1. The molecule has 0 fully saturated rings. The number of hydrogen-bond acceptors (Lipinski definition) is 4. The van der Waals surface area contributed by atoms with E-state index in [-0.39, 0.29) is 18.3 Å². The molecule has 1 heterocycles. The smallest absolute Gasteiger partial charge is 0.260 e. The highest BCUT2D eigenvalue weighted by molar-refractivity contribution is 7.22. The number of thiazole rings is 1. The van der Waals surface area contributed by atoms with Crippen LogP contribution in [0.5, 0.6) is 0 Å². The largest absolute Gasteiger partial charge is 0.309 e. The van der Waals surface area contributed by atoms with E-state index >= 15 is 0 Å². The maximum Gasteiger partial charge on any atom is 0.260 e. The second-order valence-corrected chi connectivity index (χ2v) is 9.36. The van der Waals surface area contributed by atoms with E-state index in [1.165, 1.54) is 35.3 Å². The van der Waals surface area contributed by atoms with Gasteiger partial charge in [-0.2, -0.15) is 0 Å². The monoisotopic (exact) mass is 463 g/mol. The highest BCUT2D eigenvalue weighted by Gasteiger charge is 2.22.